The lowest BCUT2D eigenvalue weighted by Crippen LogP contribution is -2.40. The molecule has 0 aliphatic carbocycles. The number of benzene rings is 2. The highest BCUT2D eigenvalue weighted by Crippen LogP contribution is 2.31. The molecule has 0 saturated carbocycles. The van der Waals surface area contributed by atoms with Gasteiger partial charge in [-0.05, 0) is 49.6 Å². The van der Waals surface area contributed by atoms with Crippen molar-refractivity contribution < 1.29 is 23.8 Å². The zero-order chi connectivity index (χ0) is 19.4. The van der Waals surface area contributed by atoms with Gasteiger partial charge in [0.15, 0.2) is 18.1 Å². The molecule has 0 saturated heterocycles. The second-order valence-electron chi connectivity index (χ2n) is 6.60. The summed E-state index contributed by atoms with van der Waals surface area (Å²) in [5.41, 5.74) is 3.36. The first-order chi connectivity index (χ1) is 12.9. The highest BCUT2D eigenvalue weighted by Gasteiger charge is 2.29. The van der Waals surface area contributed by atoms with E-state index in [0.717, 1.165) is 11.1 Å². The zero-order valence-electron chi connectivity index (χ0n) is 15.7. The van der Waals surface area contributed by atoms with E-state index in [9.17, 15) is 9.59 Å². The first kappa shape index (κ1) is 18.8. The molecule has 1 aliphatic heterocycles. The van der Waals surface area contributed by atoms with Crippen molar-refractivity contribution in [1.82, 2.24) is 5.32 Å². The van der Waals surface area contributed by atoms with Crippen LogP contribution in [0.1, 0.15) is 29.7 Å². The third-order valence-electron chi connectivity index (χ3n) is 4.53. The van der Waals surface area contributed by atoms with Crippen LogP contribution in [0.15, 0.2) is 42.5 Å². The second kappa shape index (κ2) is 8.12. The summed E-state index contributed by atoms with van der Waals surface area (Å²) in [5.74, 6) is 0.0738. The third-order valence-corrected chi connectivity index (χ3v) is 4.53. The fourth-order valence-corrected chi connectivity index (χ4v) is 2.77. The maximum atomic E-state index is 12.1. The van der Waals surface area contributed by atoms with Crippen molar-refractivity contribution in [3.05, 3.63) is 59.2 Å². The van der Waals surface area contributed by atoms with E-state index in [2.05, 4.69) is 5.32 Å². The van der Waals surface area contributed by atoms with E-state index in [0.29, 0.717) is 11.5 Å². The lowest BCUT2D eigenvalue weighted by Gasteiger charge is -2.25. The Bertz CT molecular complexity index is 848. The lowest BCUT2D eigenvalue weighted by atomic mass is 10.0. The Morgan fingerprint density at radius 1 is 1.15 bits per heavy atom. The Hall–Kier alpha value is -3.02. The van der Waals surface area contributed by atoms with E-state index in [1.165, 1.54) is 5.56 Å². The second-order valence-corrected chi connectivity index (χ2v) is 6.60. The van der Waals surface area contributed by atoms with Crippen molar-refractivity contribution in [2.24, 2.45) is 0 Å². The Morgan fingerprint density at radius 2 is 1.89 bits per heavy atom. The molecule has 6 nitrogen and oxygen atoms in total. The number of hydrogen-bond donors (Lipinski definition) is 1. The molecule has 2 unspecified atom stereocenters. The third kappa shape index (κ3) is 4.58. The van der Waals surface area contributed by atoms with Crippen molar-refractivity contribution >= 4 is 11.9 Å². The van der Waals surface area contributed by atoms with Crippen molar-refractivity contribution in [2.45, 2.75) is 32.9 Å². The molecular formula is C21H23NO5. The molecule has 6 heteroatoms. The summed E-state index contributed by atoms with van der Waals surface area (Å²) in [7, 11) is 0. The van der Waals surface area contributed by atoms with Crippen LogP contribution in [0.3, 0.4) is 0 Å². The van der Waals surface area contributed by atoms with E-state index in [1.807, 2.05) is 45.0 Å². The summed E-state index contributed by atoms with van der Waals surface area (Å²) in [4.78, 5) is 24.2. The van der Waals surface area contributed by atoms with Gasteiger partial charge in [-0.3, -0.25) is 4.79 Å². The molecule has 2 atom stereocenters. The number of aryl methyl sites for hydroxylation is 2. The Labute approximate surface area is 158 Å². The summed E-state index contributed by atoms with van der Waals surface area (Å²) in [6.45, 7) is 5.64. The van der Waals surface area contributed by atoms with Gasteiger partial charge in [-0.2, -0.15) is 0 Å². The molecule has 142 valence electrons. The number of nitrogens with one attached hydrogen (secondary N) is 1. The molecule has 0 fully saturated rings. The fourth-order valence-electron chi connectivity index (χ4n) is 2.77. The molecule has 3 rings (SSSR count). The molecule has 0 bridgehead atoms. The summed E-state index contributed by atoms with van der Waals surface area (Å²) in [6, 6.07) is 12.9. The van der Waals surface area contributed by atoms with Gasteiger partial charge in [0.25, 0.3) is 5.91 Å². The van der Waals surface area contributed by atoms with Gasteiger partial charge in [0.1, 0.15) is 6.61 Å². The molecule has 2 aromatic carbocycles. The van der Waals surface area contributed by atoms with Crippen LogP contribution in [0.5, 0.6) is 11.5 Å². The van der Waals surface area contributed by atoms with Crippen molar-refractivity contribution in [1.29, 1.82) is 0 Å². The number of ether oxygens (including phenoxy) is 3. The lowest BCUT2D eigenvalue weighted by molar-refractivity contribution is -0.157. The van der Waals surface area contributed by atoms with Gasteiger partial charge in [0.05, 0.1) is 6.04 Å². The van der Waals surface area contributed by atoms with Gasteiger partial charge in [0, 0.05) is 0 Å². The summed E-state index contributed by atoms with van der Waals surface area (Å²) in [5, 5.41) is 2.83. The van der Waals surface area contributed by atoms with Gasteiger partial charge >= 0.3 is 5.97 Å². The number of carbonyl (C=O) groups is 2. The number of carbonyl (C=O) groups excluding carboxylic acids is 2. The minimum Gasteiger partial charge on any atom is -0.485 e. The number of fused-ring (bicyclic) bond motifs is 1. The van der Waals surface area contributed by atoms with Crippen molar-refractivity contribution in [3.63, 3.8) is 0 Å². The van der Waals surface area contributed by atoms with Crippen LogP contribution >= 0.6 is 0 Å². The van der Waals surface area contributed by atoms with E-state index < -0.39 is 12.1 Å². The van der Waals surface area contributed by atoms with E-state index >= 15 is 0 Å². The van der Waals surface area contributed by atoms with Crippen LogP contribution in [0.4, 0.5) is 0 Å². The van der Waals surface area contributed by atoms with Gasteiger partial charge in [-0.1, -0.05) is 30.3 Å². The average molecular weight is 369 g/mol. The normalized spacial score (nSPS) is 16.3. The van der Waals surface area contributed by atoms with Crippen LogP contribution in [-0.2, 0) is 14.3 Å². The van der Waals surface area contributed by atoms with E-state index in [-0.39, 0.29) is 25.2 Å². The molecular weight excluding hydrogens is 346 g/mol. The minimum absolute atomic E-state index is 0.0521. The first-order valence-corrected chi connectivity index (χ1v) is 8.85. The SMILES string of the molecule is Cc1ccc(C(C)NC(=O)COC(=O)C2COc3ccccc3O2)cc1C. The van der Waals surface area contributed by atoms with Crippen LogP contribution in [0.25, 0.3) is 0 Å². The molecule has 27 heavy (non-hydrogen) atoms. The molecule has 1 heterocycles. The molecule has 2 aromatic rings. The van der Waals surface area contributed by atoms with Crippen LogP contribution < -0.4 is 14.8 Å². The van der Waals surface area contributed by atoms with E-state index in [4.69, 9.17) is 14.2 Å². The quantitative estimate of drug-likeness (QED) is 0.821. The number of para-hydroxylation sites is 2. The molecule has 0 radical (unpaired) electrons. The van der Waals surface area contributed by atoms with Crippen LogP contribution in [0.2, 0.25) is 0 Å². The molecule has 1 aliphatic rings. The summed E-state index contributed by atoms with van der Waals surface area (Å²) in [6.07, 6.45) is -0.884. The minimum atomic E-state index is -0.884. The van der Waals surface area contributed by atoms with Gasteiger partial charge < -0.3 is 19.5 Å². The standard InChI is InChI=1S/C21H23NO5/c1-13-8-9-16(10-14(13)2)15(3)22-20(23)12-26-21(24)19-11-25-17-6-4-5-7-18(17)27-19/h4-10,15,19H,11-12H2,1-3H3,(H,22,23). The Morgan fingerprint density at radius 3 is 2.63 bits per heavy atom. The van der Waals surface area contributed by atoms with Gasteiger partial charge in [0.2, 0.25) is 6.10 Å². The summed E-state index contributed by atoms with van der Waals surface area (Å²) < 4.78 is 16.1. The maximum absolute atomic E-state index is 12.1. The van der Waals surface area contributed by atoms with Crippen molar-refractivity contribution in [3.8, 4) is 11.5 Å². The number of rotatable bonds is 5. The average Bonchev–Trinajstić information content (AvgIpc) is 2.67. The molecule has 1 amide bonds. The predicted molar refractivity (Wildman–Crippen MR) is 99.8 cm³/mol. The van der Waals surface area contributed by atoms with Gasteiger partial charge in [-0.25, -0.2) is 4.79 Å². The van der Waals surface area contributed by atoms with E-state index in [1.54, 1.807) is 18.2 Å². The molecule has 0 aromatic heterocycles. The number of hydrogen-bond acceptors (Lipinski definition) is 5. The largest absolute Gasteiger partial charge is 0.485 e. The summed E-state index contributed by atoms with van der Waals surface area (Å²) >= 11 is 0. The van der Waals surface area contributed by atoms with Crippen LogP contribution in [-0.4, -0.2) is 31.2 Å². The fraction of sp³-hybridized carbons (Fsp3) is 0.333. The van der Waals surface area contributed by atoms with Gasteiger partial charge in [-0.15, -0.1) is 0 Å². The smallest absolute Gasteiger partial charge is 0.351 e. The molecule has 1 N–H and O–H groups in total. The monoisotopic (exact) mass is 369 g/mol. The van der Waals surface area contributed by atoms with Crippen molar-refractivity contribution in [2.75, 3.05) is 13.2 Å². The topological polar surface area (TPSA) is 73.9 Å². The predicted octanol–water partition coefficient (Wildman–Crippen LogP) is 2.86. The maximum Gasteiger partial charge on any atom is 0.351 e. The Balaban J connectivity index is 1.49. The molecule has 0 spiro atoms. The number of amides is 1. The Kier molecular flexibility index (Phi) is 5.64. The number of esters is 1. The highest BCUT2D eigenvalue weighted by atomic mass is 16.6. The highest BCUT2D eigenvalue weighted by molar-refractivity contribution is 5.82. The zero-order valence-corrected chi connectivity index (χ0v) is 15.7. The van der Waals surface area contributed by atoms with Crippen LogP contribution in [0, 0.1) is 13.8 Å². The first-order valence-electron chi connectivity index (χ1n) is 8.85.